The topological polar surface area (TPSA) is 75.4 Å². The highest BCUT2D eigenvalue weighted by molar-refractivity contribution is 5.81. The summed E-state index contributed by atoms with van der Waals surface area (Å²) < 4.78 is 0. The third-order valence-corrected chi connectivity index (χ3v) is 2.81. The number of hydrogen-bond donors (Lipinski definition) is 3. The molecule has 0 spiro atoms. The minimum atomic E-state index is -0.502. The first-order valence-corrected chi connectivity index (χ1v) is 5.61. The first-order valence-electron chi connectivity index (χ1n) is 5.61. The molecular weight excluding hydrogens is 192 g/mol. The van der Waals surface area contributed by atoms with Crippen LogP contribution in [-0.2, 0) is 4.79 Å². The Morgan fingerprint density at radius 1 is 1.40 bits per heavy atom. The summed E-state index contributed by atoms with van der Waals surface area (Å²) in [5.41, 5.74) is 5.74. The molecule has 0 aromatic heterocycles. The van der Waals surface area contributed by atoms with E-state index >= 15 is 0 Å². The lowest BCUT2D eigenvalue weighted by atomic mass is 9.99. The van der Waals surface area contributed by atoms with Gasteiger partial charge in [-0.1, -0.05) is 34.1 Å². The fourth-order valence-corrected chi connectivity index (χ4v) is 1.07. The molecule has 0 bridgehead atoms. The molecule has 0 aliphatic heterocycles. The molecule has 0 heterocycles. The minimum absolute atomic E-state index is 0.144. The predicted molar refractivity (Wildman–Crippen MR) is 61.3 cm³/mol. The van der Waals surface area contributed by atoms with Crippen LogP contribution in [0.4, 0.5) is 0 Å². The van der Waals surface area contributed by atoms with Gasteiger partial charge in [-0.15, -0.1) is 0 Å². The van der Waals surface area contributed by atoms with E-state index in [9.17, 15) is 9.90 Å². The number of carbonyl (C=O) groups excluding carboxylic acids is 1. The highest BCUT2D eigenvalue weighted by Gasteiger charge is 2.20. The molecule has 0 saturated carbocycles. The van der Waals surface area contributed by atoms with Crippen LogP contribution in [0.2, 0.25) is 0 Å². The van der Waals surface area contributed by atoms with Crippen LogP contribution in [0.1, 0.15) is 34.1 Å². The van der Waals surface area contributed by atoms with Gasteiger partial charge in [-0.05, 0) is 11.8 Å². The standard InChI is InChI=1S/C11H24N2O2/c1-5-8(4)10(12)11(15)13-6-9(14)7(2)3/h7-10,14H,5-6,12H2,1-4H3,(H,13,15)/t8?,9?,10-/m0/s1. The quantitative estimate of drug-likeness (QED) is 0.605. The predicted octanol–water partition coefficient (Wildman–Crippen LogP) is 0.493. The van der Waals surface area contributed by atoms with E-state index in [0.717, 1.165) is 6.42 Å². The Balaban J connectivity index is 3.93. The molecule has 0 aromatic rings. The number of aliphatic hydroxyl groups excluding tert-OH is 1. The van der Waals surface area contributed by atoms with Crippen molar-refractivity contribution in [2.45, 2.75) is 46.3 Å². The van der Waals surface area contributed by atoms with Gasteiger partial charge < -0.3 is 16.2 Å². The molecule has 3 atom stereocenters. The summed E-state index contributed by atoms with van der Waals surface area (Å²) in [6.45, 7) is 8.04. The monoisotopic (exact) mass is 216 g/mol. The highest BCUT2D eigenvalue weighted by Crippen LogP contribution is 2.05. The van der Waals surface area contributed by atoms with Crippen LogP contribution in [-0.4, -0.2) is 29.7 Å². The van der Waals surface area contributed by atoms with E-state index in [1.54, 1.807) is 0 Å². The number of nitrogens with one attached hydrogen (secondary N) is 1. The van der Waals surface area contributed by atoms with Crippen LogP contribution in [0.15, 0.2) is 0 Å². The van der Waals surface area contributed by atoms with Crippen molar-refractivity contribution in [3.05, 3.63) is 0 Å². The van der Waals surface area contributed by atoms with Gasteiger partial charge in [0.2, 0.25) is 5.91 Å². The van der Waals surface area contributed by atoms with Gasteiger partial charge in [0.05, 0.1) is 12.1 Å². The molecule has 4 N–H and O–H groups in total. The summed E-state index contributed by atoms with van der Waals surface area (Å²) in [5.74, 6) is 0.135. The van der Waals surface area contributed by atoms with E-state index in [1.807, 2.05) is 27.7 Å². The number of carbonyl (C=O) groups is 1. The zero-order valence-electron chi connectivity index (χ0n) is 10.2. The number of nitrogens with two attached hydrogens (primary N) is 1. The lowest BCUT2D eigenvalue weighted by Crippen LogP contribution is -2.47. The first-order chi connectivity index (χ1) is 6.90. The smallest absolute Gasteiger partial charge is 0.237 e. The van der Waals surface area contributed by atoms with E-state index in [0.29, 0.717) is 0 Å². The zero-order chi connectivity index (χ0) is 12.0. The van der Waals surface area contributed by atoms with Crippen LogP contribution in [0.25, 0.3) is 0 Å². The van der Waals surface area contributed by atoms with E-state index < -0.39 is 12.1 Å². The number of aliphatic hydroxyl groups is 1. The van der Waals surface area contributed by atoms with Crippen LogP contribution < -0.4 is 11.1 Å². The SMILES string of the molecule is CCC(C)[C@H](N)C(=O)NCC(O)C(C)C. The van der Waals surface area contributed by atoms with Crippen molar-refractivity contribution in [1.29, 1.82) is 0 Å². The van der Waals surface area contributed by atoms with E-state index in [1.165, 1.54) is 0 Å². The van der Waals surface area contributed by atoms with Crippen LogP contribution in [0.3, 0.4) is 0 Å². The molecule has 0 radical (unpaired) electrons. The molecule has 90 valence electrons. The Morgan fingerprint density at radius 2 is 1.93 bits per heavy atom. The molecule has 4 nitrogen and oxygen atoms in total. The molecule has 0 aliphatic carbocycles. The Labute approximate surface area is 92.2 Å². The lowest BCUT2D eigenvalue weighted by molar-refractivity contribution is -0.124. The maximum Gasteiger partial charge on any atom is 0.237 e. The summed E-state index contributed by atoms with van der Waals surface area (Å²) >= 11 is 0. The molecule has 0 fully saturated rings. The van der Waals surface area contributed by atoms with Crippen molar-refractivity contribution >= 4 is 5.91 Å². The minimum Gasteiger partial charge on any atom is -0.391 e. The maximum atomic E-state index is 11.5. The number of hydrogen-bond acceptors (Lipinski definition) is 3. The summed E-state index contributed by atoms with van der Waals surface area (Å²) in [6, 6.07) is -0.477. The summed E-state index contributed by atoms with van der Waals surface area (Å²) in [5, 5.41) is 12.2. The van der Waals surface area contributed by atoms with Gasteiger partial charge in [-0.25, -0.2) is 0 Å². The molecule has 0 aliphatic rings. The van der Waals surface area contributed by atoms with Crippen molar-refractivity contribution < 1.29 is 9.90 Å². The Bertz CT molecular complexity index is 195. The second-order valence-corrected chi connectivity index (χ2v) is 4.47. The lowest BCUT2D eigenvalue weighted by Gasteiger charge is -2.20. The Morgan fingerprint density at radius 3 is 2.33 bits per heavy atom. The average molecular weight is 216 g/mol. The van der Waals surface area contributed by atoms with E-state index in [4.69, 9.17) is 5.73 Å². The first kappa shape index (κ1) is 14.4. The molecule has 2 unspecified atom stereocenters. The molecule has 0 saturated heterocycles. The highest BCUT2D eigenvalue weighted by atomic mass is 16.3. The van der Waals surface area contributed by atoms with Crippen LogP contribution in [0, 0.1) is 11.8 Å². The van der Waals surface area contributed by atoms with Gasteiger partial charge in [-0.3, -0.25) is 4.79 Å². The third kappa shape index (κ3) is 5.14. The van der Waals surface area contributed by atoms with E-state index in [2.05, 4.69) is 5.32 Å². The number of rotatable bonds is 6. The van der Waals surface area contributed by atoms with Crippen molar-refractivity contribution in [1.82, 2.24) is 5.32 Å². The van der Waals surface area contributed by atoms with Gasteiger partial charge in [0.25, 0.3) is 0 Å². The van der Waals surface area contributed by atoms with Gasteiger partial charge >= 0.3 is 0 Å². The van der Waals surface area contributed by atoms with Gasteiger partial charge in [0.15, 0.2) is 0 Å². The third-order valence-electron chi connectivity index (χ3n) is 2.81. The van der Waals surface area contributed by atoms with Gasteiger partial charge in [0, 0.05) is 6.54 Å². The Hall–Kier alpha value is -0.610. The van der Waals surface area contributed by atoms with Crippen molar-refractivity contribution in [3.8, 4) is 0 Å². The fourth-order valence-electron chi connectivity index (χ4n) is 1.07. The molecule has 0 aromatic carbocycles. The average Bonchev–Trinajstić information content (AvgIpc) is 2.22. The molecule has 0 rings (SSSR count). The zero-order valence-corrected chi connectivity index (χ0v) is 10.2. The second-order valence-electron chi connectivity index (χ2n) is 4.47. The largest absolute Gasteiger partial charge is 0.391 e. The van der Waals surface area contributed by atoms with Gasteiger partial charge in [0.1, 0.15) is 0 Å². The molecule has 15 heavy (non-hydrogen) atoms. The number of amides is 1. The van der Waals surface area contributed by atoms with E-state index in [-0.39, 0.29) is 24.3 Å². The molecular formula is C11H24N2O2. The molecule has 4 heteroatoms. The van der Waals surface area contributed by atoms with Gasteiger partial charge in [-0.2, -0.15) is 0 Å². The summed E-state index contributed by atoms with van der Waals surface area (Å²) in [7, 11) is 0. The maximum absolute atomic E-state index is 11.5. The second kappa shape index (κ2) is 6.80. The Kier molecular flexibility index (Phi) is 6.52. The van der Waals surface area contributed by atoms with Crippen molar-refractivity contribution in [2.75, 3.05) is 6.54 Å². The summed E-state index contributed by atoms with van der Waals surface area (Å²) in [6.07, 6.45) is 0.375. The fraction of sp³-hybridized carbons (Fsp3) is 0.909. The van der Waals surface area contributed by atoms with Crippen LogP contribution in [0.5, 0.6) is 0 Å². The van der Waals surface area contributed by atoms with Crippen LogP contribution >= 0.6 is 0 Å². The van der Waals surface area contributed by atoms with Crippen molar-refractivity contribution in [3.63, 3.8) is 0 Å². The normalized spacial score (nSPS) is 17.3. The van der Waals surface area contributed by atoms with Crippen molar-refractivity contribution in [2.24, 2.45) is 17.6 Å². The summed E-state index contributed by atoms with van der Waals surface area (Å²) in [4.78, 5) is 11.5. The molecule has 1 amide bonds.